The number of piperidine rings is 1. The SMILES string of the molecule is CCCSCC(COc1ccc(C)cc1)OCN1CCCCC1. The lowest BCUT2D eigenvalue weighted by atomic mass is 10.1. The van der Waals surface area contributed by atoms with Crippen LogP contribution in [-0.4, -0.2) is 48.9 Å². The minimum Gasteiger partial charge on any atom is -0.491 e. The van der Waals surface area contributed by atoms with Crippen LogP contribution in [0.15, 0.2) is 24.3 Å². The molecule has 1 aromatic rings. The third kappa shape index (κ3) is 7.60. The summed E-state index contributed by atoms with van der Waals surface area (Å²) in [7, 11) is 0. The lowest BCUT2D eigenvalue weighted by Crippen LogP contribution is -2.36. The van der Waals surface area contributed by atoms with Crippen LogP contribution in [0.25, 0.3) is 0 Å². The van der Waals surface area contributed by atoms with E-state index in [-0.39, 0.29) is 6.10 Å². The Balaban J connectivity index is 1.76. The van der Waals surface area contributed by atoms with Crippen molar-refractivity contribution in [1.29, 1.82) is 0 Å². The highest BCUT2D eigenvalue weighted by molar-refractivity contribution is 7.99. The summed E-state index contributed by atoms with van der Waals surface area (Å²) in [5, 5.41) is 0. The topological polar surface area (TPSA) is 21.7 Å². The van der Waals surface area contributed by atoms with Gasteiger partial charge in [-0.25, -0.2) is 0 Å². The van der Waals surface area contributed by atoms with Gasteiger partial charge in [-0.1, -0.05) is 31.0 Å². The molecule has 0 saturated carbocycles. The van der Waals surface area contributed by atoms with Crippen LogP contribution in [0.5, 0.6) is 5.75 Å². The van der Waals surface area contributed by atoms with Gasteiger partial charge in [-0.05, 0) is 44.1 Å². The molecule has 1 aliphatic heterocycles. The summed E-state index contributed by atoms with van der Waals surface area (Å²) in [6.45, 7) is 8.04. The zero-order valence-electron chi connectivity index (χ0n) is 14.6. The largest absolute Gasteiger partial charge is 0.491 e. The van der Waals surface area contributed by atoms with Crippen LogP contribution in [0.4, 0.5) is 0 Å². The molecular weight excluding hydrogens is 306 g/mol. The Morgan fingerprint density at radius 3 is 2.57 bits per heavy atom. The molecule has 1 saturated heterocycles. The molecule has 1 fully saturated rings. The molecule has 0 spiro atoms. The molecule has 0 N–H and O–H groups in total. The summed E-state index contributed by atoms with van der Waals surface area (Å²) in [5.41, 5.74) is 1.26. The van der Waals surface area contributed by atoms with Crippen molar-refractivity contribution >= 4 is 11.8 Å². The average Bonchev–Trinajstić information content (AvgIpc) is 2.59. The van der Waals surface area contributed by atoms with Crippen LogP contribution in [0.1, 0.15) is 38.2 Å². The minimum atomic E-state index is 0.162. The predicted octanol–water partition coefficient (Wildman–Crippen LogP) is 4.35. The highest BCUT2D eigenvalue weighted by Gasteiger charge is 2.15. The number of benzene rings is 1. The fourth-order valence-corrected chi connectivity index (χ4v) is 3.54. The summed E-state index contributed by atoms with van der Waals surface area (Å²) in [5.74, 6) is 3.13. The Morgan fingerprint density at radius 2 is 1.87 bits per heavy atom. The monoisotopic (exact) mass is 337 g/mol. The number of ether oxygens (including phenoxy) is 2. The van der Waals surface area contributed by atoms with Gasteiger partial charge in [-0.15, -0.1) is 0 Å². The van der Waals surface area contributed by atoms with E-state index in [0.29, 0.717) is 6.61 Å². The highest BCUT2D eigenvalue weighted by Crippen LogP contribution is 2.15. The van der Waals surface area contributed by atoms with Gasteiger partial charge < -0.3 is 9.47 Å². The van der Waals surface area contributed by atoms with Gasteiger partial charge in [-0.2, -0.15) is 11.8 Å². The van der Waals surface area contributed by atoms with Crippen molar-refractivity contribution in [3.8, 4) is 5.75 Å². The van der Waals surface area contributed by atoms with E-state index in [1.165, 1.54) is 50.1 Å². The van der Waals surface area contributed by atoms with Gasteiger partial charge in [-0.3, -0.25) is 4.90 Å². The van der Waals surface area contributed by atoms with E-state index in [4.69, 9.17) is 9.47 Å². The third-order valence-corrected chi connectivity index (χ3v) is 5.35. The van der Waals surface area contributed by atoms with E-state index in [0.717, 1.165) is 18.2 Å². The Morgan fingerprint density at radius 1 is 1.13 bits per heavy atom. The van der Waals surface area contributed by atoms with Crippen molar-refractivity contribution in [1.82, 2.24) is 4.90 Å². The second-order valence-electron chi connectivity index (χ2n) is 6.30. The van der Waals surface area contributed by atoms with Gasteiger partial charge in [0.1, 0.15) is 18.5 Å². The predicted molar refractivity (Wildman–Crippen MR) is 99.5 cm³/mol. The molecule has 3 nitrogen and oxygen atoms in total. The summed E-state index contributed by atoms with van der Waals surface area (Å²) in [4.78, 5) is 2.42. The molecule has 23 heavy (non-hydrogen) atoms. The summed E-state index contributed by atoms with van der Waals surface area (Å²) in [6.07, 6.45) is 5.34. The number of thioether (sulfide) groups is 1. The van der Waals surface area contributed by atoms with Crippen LogP contribution >= 0.6 is 11.8 Å². The van der Waals surface area contributed by atoms with E-state index in [2.05, 4.69) is 30.9 Å². The molecular formula is C19H31NO2S. The number of rotatable bonds is 10. The Bertz CT molecular complexity index is 418. The Hall–Kier alpha value is -0.710. The highest BCUT2D eigenvalue weighted by atomic mass is 32.2. The van der Waals surface area contributed by atoms with Gasteiger partial charge in [0.15, 0.2) is 0 Å². The maximum absolute atomic E-state index is 6.15. The smallest absolute Gasteiger partial charge is 0.119 e. The van der Waals surface area contributed by atoms with E-state index in [1.807, 2.05) is 23.9 Å². The second-order valence-corrected chi connectivity index (χ2v) is 7.45. The first-order valence-electron chi connectivity index (χ1n) is 8.89. The fraction of sp³-hybridized carbons (Fsp3) is 0.684. The molecule has 130 valence electrons. The second kappa shape index (κ2) is 11.0. The van der Waals surface area contributed by atoms with Crippen molar-refractivity contribution in [2.75, 3.05) is 37.9 Å². The van der Waals surface area contributed by atoms with Crippen molar-refractivity contribution < 1.29 is 9.47 Å². The lowest BCUT2D eigenvalue weighted by molar-refractivity contribution is -0.0352. The van der Waals surface area contributed by atoms with Crippen LogP contribution < -0.4 is 4.74 Å². The molecule has 1 aromatic carbocycles. The lowest BCUT2D eigenvalue weighted by Gasteiger charge is -2.28. The van der Waals surface area contributed by atoms with Crippen molar-refractivity contribution in [2.24, 2.45) is 0 Å². The molecule has 1 unspecified atom stereocenters. The zero-order chi connectivity index (χ0) is 16.3. The normalized spacial score (nSPS) is 17.1. The van der Waals surface area contributed by atoms with Crippen LogP contribution in [-0.2, 0) is 4.74 Å². The molecule has 0 radical (unpaired) electrons. The first-order chi connectivity index (χ1) is 11.3. The number of hydrogen-bond donors (Lipinski definition) is 0. The average molecular weight is 338 g/mol. The summed E-state index contributed by atoms with van der Waals surface area (Å²) < 4.78 is 12.1. The first-order valence-corrected chi connectivity index (χ1v) is 10.0. The van der Waals surface area contributed by atoms with Crippen LogP contribution in [0.2, 0.25) is 0 Å². The molecule has 1 aliphatic rings. The van der Waals surface area contributed by atoms with E-state index in [9.17, 15) is 0 Å². The van der Waals surface area contributed by atoms with E-state index >= 15 is 0 Å². The Labute approximate surface area is 145 Å². The number of likely N-dealkylation sites (tertiary alicyclic amines) is 1. The maximum atomic E-state index is 6.15. The van der Waals surface area contributed by atoms with Gasteiger partial charge >= 0.3 is 0 Å². The quantitative estimate of drug-likeness (QED) is 0.592. The summed E-state index contributed by atoms with van der Waals surface area (Å²) in [6, 6.07) is 8.25. The van der Waals surface area contributed by atoms with Gasteiger partial charge in [0.05, 0.1) is 6.73 Å². The minimum absolute atomic E-state index is 0.162. The number of nitrogens with zero attached hydrogens (tertiary/aromatic N) is 1. The molecule has 4 heteroatoms. The van der Waals surface area contributed by atoms with Crippen molar-refractivity contribution in [2.45, 2.75) is 45.6 Å². The van der Waals surface area contributed by atoms with Gasteiger partial charge in [0.2, 0.25) is 0 Å². The molecule has 2 rings (SSSR count). The standard InChI is InChI=1S/C19H31NO2S/c1-3-13-23-15-19(22-16-20-11-5-4-6-12-20)14-21-18-9-7-17(2)8-10-18/h7-10,19H,3-6,11-16H2,1-2H3. The molecule has 0 aliphatic carbocycles. The van der Waals surface area contributed by atoms with Gasteiger partial charge in [0, 0.05) is 18.8 Å². The van der Waals surface area contributed by atoms with Crippen molar-refractivity contribution in [3.63, 3.8) is 0 Å². The fourth-order valence-electron chi connectivity index (χ4n) is 2.63. The van der Waals surface area contributed by atoms with Gasteiger partial charge in [0.25, 0.3) is 0 Å². The van der Waals surface area contributed by atoms with Crippen molar-refractivity contribution in [3.05, 3.63) is 29.8 Å². The van der Waals surface area contributed by atoms with Crippen LogP contribution in [0.3, 0.4) is 0 Å². The molecule has 0 bridgehead atoms. The number of hydrogen-bond acceptors (Lipinski definition) is 4. The molecule has 1 atom stereocenters. The zero-order valence-corrected chi connectivity index (χ0v) is 15.4. The van der Waals surface area contributed by atoms with E-state index in [1.54, 1.807) is 0 Å². The molecule has 0 amide bonds. The third-order valence-electron chi connectivity index (χ3n) is 4.05. The van der Waals surface area contributed by atoms with E-state index < -0.39 is 0 Å². The molecule has 0 aromatic heterocycles. The number of aryl methyl sites for hydroxylation is 1. The Kier molecular flexibility index (Phi) is 8.87. The molecule has 1 heterocycles. The first kappa shape index (κ1) is 18.6. The van der Waals surface area contributed by atoms with Crippen LogP contribution in [0, 0.1) is 6.92 Å². The summed E-state index contributed by atoms with van der Waals surface area (Å²) >= 11 is 1.96. The maximum Gasteiger partial charge on any atom is 0.119 e.